The van der Waals surface area contributed by atoms with Crippen LogP contribution in [0, 0.1) is 12.7 Å². The molecule has 1 atom stereocenters. The third-order valence-electron chi connectivity index (χ3n) is 3.53. The number of aryl methyl sites for hydroxylation is 1. The minimum atomic E-state index is -0.720. The van der Waals surface area contributed by atoms with Crippen LogP contribution in [0.15, 0.2) is 28.7 Å². The van der Waals surface area contributed by atoms with Crippen molar-refractivity contribution in [2.45, 2.75) is 45.8 Å². The highest BCUT2D eigenvalue weighted by Gasteiger charge is 2.27. The second-order valence-electron chi connectivity index (χ2n) is 6.98. The molecule has 146 valence electrons. The third-order valence-corrected chi connectivity index (χ3v) is 3.53. The minimum Gasteiger partial charge on any atom is -0.464 e. The van der Waals surface area contributed by atoms with Crippen molar-refractivity contribution in [2.24, 2.45) is 0 Å². The van der Waals surface area contributed by atoms with Gasteiger partial charge in [0.1, 0.15) is 23.2 Å². The number of methoxy groups -OCH3 is 1. The van der Waals surface area contributed by atoms with Gasteiger partial charge in [0.15, 0.2) is 5.69 Å². The van der Waals surface area contributed by atoms with Crippen LogP contribution in [0.1, 0.15) is 54.5 Å². The van der Waals surface area contributed by atoms with Crippen molar-refractivity contribution in [1.29, 1.82) is 0 Å². The second-order valence-corrected chi connectivity index (χ2v) is 6.98. The van der Waals surface area contributed by atoms with E-state index >= 15 is 0 Å². The smallest absolute Gasteiger partial charge is 0.408 e. The van der Waals surface area contributed by atoms with Crippen LogP contribution in [0.4, 0.5) is 9.18 Å². The monoisotopic (exact) mass is 378 g/mol. The molecule has 1 amide bonds. The molecule has 27 heavy (non-hydrogen) atoms. The molecule has 1 aromatic heterocycles. The molecule has 0 spiro atoms. The number of rotatable bonds is 5. The van der Waals surface area contributed by atoms with E-state index in [1.54, 1.807) is 39.8 Å². The van der Waals surface area contributed by atoms with Crippen LogP contribution in [0.5, 0.6) is 0 Å². The van der Waals surface area contributed by atoms with Crippen molar-refractivity contribution < 1.29 is 27.9 Å². The summed E-state index contributed by atoms with van der Waals surface area (Å²) in [7, 11) is 1.24. The number of benzene rings is 1. The summed E-state index contributed by atoms with van der Waals surface area (Å²) in [6, 6.07) is 5.11. The van der Waals surface area contributed by atoms with E-state index in [1.165, 1.54) is 19.2 Å². The number of hydrogen-bond donors (Lipinski definition) is 1. The number of carbonyl (C=O) groups is 2. The van der Waals surface area contributed by atoms with Crippen LogP contribution in [-0.2, 0) is 15.9 Å². The van der Waals surface area contributed by atoms with Crippen LogP contribution >= 0.6 is 0 Å². The Labute approximate surface area is 156 Å². The fraction of sp³-hybridized carbons (Fsp3) is 0.421. The summed E-state index contributed by atoms with van der Waals surface area (Å²) in [5, 5.41) is 2.69. The first-order valence-electron chi connectivity index (χ1n) is 8.38. The maximum absolute atomic E-state index is 13.2. The SMILES string of the molecule is COC(=O)c1nc([C@H](Cc2ccc(F)cc2)NC(=O)OC(C)(C)C)oc1C. The summed E-state index contributed by atoms with van der Waals surface area (Å²) in [6.07, 6.45) is -0.398. The molecule has 0 aliphatic carbocycles. The van der Waals surface area contributed by atoms with E-state index in [1.807, 2.05) is 0 Å². The maximum atomic E-state index is 13.2. The largest absolute Gasteiger partial charge is 0.464 e. The molecule has 0 fully saturated rings. The molecule has 0 bridgehead atoms. The Bertz CT molecular complexity index is 808. The van der Waals surface area contributed by atoms with E-state index in [9.17, 15) is 14.0 Å². The molecule has 0 aliphatic rings. The predicted molar refractivity (Wildman–Crippen MR) is 94.8 cm³/mol. The predicted octanol–water partition coefficient (Wildman–Crippen LogP) is 3.72. The second kappa shape index (κ2) is 8.20. The standard InChI is InChI=1S/C19H23FN2O5/c1-11-15(17(23)25-5)22-16(26-11)14(21-18(24)27-19(2,3)4)10-12-6-8-13(20)9-7-12/h6-9,14H,10H2,1-5H3,(H,21,24)/t14-/m0/s1. The summed E-state index contributed by atoms with van der Waals surface area (Å²) in [5.74, 6) is -0.606. The number of aromatic nitrogens is 1. The van der Waals surface area contributed by atoms with E-state index in [-0.39, 0.29) is 29.6 Å². The van der Waals surface area contributed by atoms with Gasteiger partial charge >= 0.3 is 12.1 Å². The van der Waals surface area contributed by atoms with E-state index in [0.717, 1.165) is 5.56 Å². The molecule has 0 unspecified atom stereocenters. The van der Waals surface area contributed by atoms with Gasteiger partial charge in [-0.3, -0.25) is 0 Å². The van der Waals surface area contributed by atoms with Gasteiger partial charge in [0.2, 0.25) is 5.89 Å². The zero-order valence-corrected chi connectivity index (χ0v) is 16.0. The van der Waals surface area contributed by atoms with E-state index in [2.05, 4.69) is 15.0 Å². The minimum absolute atomic E-state index is 0.0302. The number of halogens is 1. The molecule has 2 rings (SSSR count). The number of ether oxygens (including phenoxy) is 2. The zero-order valence-electron chi connectivity index (χ0n) is 16.0. The number of alkyl carbamates (subject to hydrolysis) is 1. The van der Waals surface area contributed by atoms with Gasteiger partial charge in [0.05, 0.1) is 7.11 Å². The lowest BCUT2D eigenvalue weighted by molar-refractivity contribution is 0.0494. The Kier molecular flexibility index (Phi) is 6.20. The Morgan fingerprint density at radius 2 is 1.89 bits per heavy atom. The number of esters is 1. The van der Waals surface area contributed by atoms with Gasteiger partial charge in [-0.15, -0.1) is 0 Å². The van der Waals surface area contributed by atoms with Crippen LogP contribution < -0.4 is 5.32 Å². The zero-order chi connectivity index (χ0) is 20.2. The fourth-order valence-electron chi connectivity index (χ4n) is 2.36. The highest BCUT2D eigenvalue weighted by molar-refractivity contribution is 5.88. The number of amides is 1. The van der Waals surface area contributed by atoms with Crippen LogP contribution in [-0.4, -0.2) is 29.8 Å². The van der Waals surface area contributed by atoms with Gasteiger partial charge in [0.25, 0.3) is 0 Å². The number of nitrogens with zero attached hydrogens (tertiary/aromatic N) is 1. The van der Waals surface area contributed by atoms with Crippen molar-refractivity contribution in [3.63, 3.8) is 0 Å². The van der Waals surface area contributed by atoms with E-state index in [0.29, 0.717) is 0 Å². The van der Waals surface area contributed by atoms with Gasteiger partial charge in [-0.05, 0) is 45.4 Å². The summed E-state index contributed by atoms with van der Waals surface area (Å²) in [5.41, 5.74) is 0.0873. The van der Waals surface area contributed by atoms with Crippen molar-refractivity contribution in [3.05, 3.63) is 53.0 Å². The third kappa shape index (κ3) is 5.80. The molecule has 1 aromatic carbocycles. The summed E-state index contributed by atoms with van der Waals surface area (Å²) in [6.45, 7) is 6.80. The highest BCUT2D eigenvalue weighted by atomic mass is 19.1. The molecule has 7 nitrogen and oxygen atoms in total. The number of carbonyl (C=O) groups excluding carboxylic acids is 2. The lowest BCUT2D eigenvalue weighted by Gasteiger charge is -2.22. The van der Waals surface area contributed by atoms with Crippen molar-refractivity contribution >= 4 is 12.1 Å². The van der Waals surface area contributed by atoms with Gasteiger partial charge < -0.3 is 19.2 Å². The highest BCUT2D eigenvalue weighted by Crippen LogP contribution is 2.22. The van der Waals surface area contributed by atoms with Crippen LogP contribution in [0.25, 0.3) is 0 Å². The molecule has 0 aliphatic heterocycles. The maximum Gasteiger partial charge on any atom is 0.408 e. The lowest BCUT2D eigenvalue weighted by Crippen LogP contribution is -2.36. The Morgan fingerprint density at radius 1 is 1.26 bits per heavy atom. The first-order chi connectivity index (χ1) is 12.6. The topological polar surface area (TPSA) is 90.7 Å². The van der Waals surface area contributed by atoms with Crippen molar-refractivity contribution in [1.82, 2.24) is 10.3 Å². The number of nitrogens with one attached hydrogen (secondary N) is 1. The number of oxazole rings is 1. The van der Waals surface area contributed by atoms with E-state index in [4.69, 9.17) is 9.15 Å². The molecule has 1 N–H and O–H groups in total. The molecule has 0 saturated carbocycles. The Balaban J connectivity index is 2.29. The fourth-order valence-corrected chi connectivity index (χ4v) is 2.36. The lowest BCUT2D eigenvalue weighted by atomic mass is 10.1. The molecule has 0 radical (unpaired) electrons. The van der Waals surface area contributed by atoms with Gasteiger partial charge in [-0.2, -0.15) is 0 Å². The van der Waals surface area contributed by atoms with Crippen molar-refractivity contribution in [3.8, 4) is 0 Å². The Hall–Kier alpha value is -2.90. The summed E-state index contributed by atoms with van der Waals surface area (Å²) in [4.78, 5) is 28.2. The number of hydrogen-bond acceptors (Lipinski definition) is 6. The van der Waals surface area contributed by atoms with Gasteiger partial charge in [-0.25, -0.2) is 19.0 Å². The average Bonchev–Trinajstić information content (AvgIpc) is 2.95. The van der Waals surface area contributed by atoms with Crippen molar-refractivity contribution in [2.75, 3.05) is 7.11 Å². The molecular weight excluding hydrogens is 355 g/mol. The first kappa shape index (κ1) is 20.4. The normalized spacial score (nSPS) is 12.4. The first-order valence-corrected chi connectivity index (χ1v) is 8.38. The molecular formula is C19H23FN2O5. The molecule has 2 aromatic rings. The van der Waals surface area contributed by atoms with Crippen LogP contribution in [0.2, 0.25) is 0 Å². The molecule has 1 heterocycles. The summed E-state index contributed by atoms with van der Waals surface area (Å²) < 4.78 is 28.7. The molecule has 0 saturated heterocycles. The van der Waals surface area contributed by atoms with Crippen LogP contribution in [0.3, 0.4) is 0 Å². The van der Waals surface area contributed by atoms with E-state index < -0.39 is 23.7 Å². The average molecular weight is 378 g/mol. The van der Waals surface area contributed by atoms with Gasteiger partial charge in [-0.1, -0.05) is 12.1 Å². The van der Waals surface area contributed by atoms with Gasteiger partial charge in [0, 0.05) is 6.42 Å². The molecule has 8 heteroatoms. The quantitative estimate of drug-likeness (QED) is 0.798. The Morgan fingerprint density at radius 3 is 2.44 bits per heavy atom. The summed E-state index contributed by atoms with van der Waals surface area (Å²) >= 11 is 0.